The lowest BCUT2D eigenvalue weighted by Crippen LogP contribution is -2.34. The summed E-state index contributed by atoms with van der Waals surface area (Å²) in [5.74, 6) is 0.855. The standard InChI is InChI=1S/C11H19ClN2O/c1-8(12)7-14-11(15)10-4-2-9(6-13)3-5-10/h9-10H,1-7,13H2,(H,14,15). The molecule has 0 radical (unpaired) electrons. The summed E-state index contributed by atoms with van der Waals surface area (Å²) in [5.41, 5.74) is 5.59. The summed E-state index contributed by atoms with van der Waals surface area (Å²) in [7, 11) is 0. The van der Waals surface area contributed by atoms with E-state index in [1.54, 1.807) is 0 Å². The summed E-state index contributed by atoms with van der Waals surface area (Å²) >= 11 is 5.58. The average Bonchev–Trinajstić information content (AvgIpc) is 2.26. The minimum atomic E-state index is 0.104. The molecule has 0 aromatic carbocycles. The van der Waals surface area contributed by atoms with Crippen LogP contribution in [0.5, 0.6) is 0 Å². The van der Waals surface area contributed by atoms with Crippen LogP contribution in [0.4, 0.5) is 0 Å². The van der Waals surface area contributed by atoms with Gasteiger partial charge in [-0.05, 0) is 38.1 Å². The molecule has 1 saturated carbocycles. The fraction of sp³-hybridized carbons (Fsp3) is 0.727. The summed E-state index contributed by atoms with van der Waals surface area (Å²) in [6.07, 6.45) is 4.03. The zero-order valence-electron chi connectivity index (χ0n) is 8.97. The Hall–Kier alpha value is -0.540. The molecule has 0 atom stereocenters. The molecule has 0 bridgehead atoms. The molecule has 0 heterocycles. The zero-order chi connectivity index (χ0) is 11.3. The van der Waals surface area contributed by atoms with Gasteiger partial charge >= 0.3 is 0 Å². The van der Waals surface area contributed by atoms with Crippen molar-refractivity contribution >= 4 is 17.5 Å². The van der Waals surface area contributed by atoms with Gasteiger partial charge < -0.3 is 11.1 Å². The number of carbonyl (C=O) groups excluding carboxylic acids is 1. The predicted molar refractivity (Wildman–Crippen MR) is 62.5 cm³/mol. The van der Waals surface area contributed by atoms with Crippen molar-refractivity contribution in [3.63, 3.8) is 0 Å². The number of nitrogens with one attached hydrogen (secondary N) is 1. The summed E-state index contributed by atoms with van der Waals surface area (Å²) in [6, 6.07) is 0. The summed E-state index contributed by atoms with van der Waals surface area (Å²) in [4.78, 5) is 11.7. The van der Waals surface area contributed by atoms with E-state index in [0.717, 1.165) is 32.2 Å². The van der Waals surface area contributed by atoms with Crippen LogP contribution in [0.15, 0.2) is 11.6 Å². The molecule has 1 rings (SSSR count). The summed E-state index contributed by atoms with van der Waals surface area (Å²) < 4.78 is 0. The largest absolute Gasteiger partial charge is 0.351 e. The second kappa shape index (κ2) is 6.13. The van der Waals surface area contributed by atoms with Crippen LogP contribution in [0.1, 0.15) is 25.7 Å². The van der Waals surface area contributed by atoms with Gasteiger partial charge in [-0.3, -0.25) is 4.79 Å². The van der Waals surface area contributed by atoms with Gasteiger partial charge in [-0.25, -0.2) is 0 Å². The first-order valence-corrected chi connectivity index (χ1v) is 5.82. The van der Waals surface area contributed by atoms with Crippen LogP contribution in [0, 0.1) is 11.8 Å². The first-order valence-electron chi connectivity index (χ1n) is 5.44. The molecule has 0 saturated heterocycles. The van der Waals surface area contributed by atoms with Crippen LogP contribution < -0.4 is 11.1 Å². The van der Waals surface area contributed by atoms with Gasteiger partial charge in [0.2, 0.25) is 5.91 Å². The second-order valence-corrected chi connectivity index (χ2v) is 4.72. The predicted octanol–water partition coefficient (Wildman–Crippen LogP) is 1.62. The summed E-state index contributed by atoms with van der Waals surface area (Å²) in [6.45, 7) is 4.65. The molecule has 0 aromatic rings. The maximum Gasteiger partial charge on any atom is 0.223 e. The normalized spacial score (nSPS) is 26.0. The van der Waals surface area contributed by atoms with Gasteiger partial charge in [-0.15, -0.1) is 0 Å². The van der Waals surface area contributed by atoms with E-state index < -0.39 is 0 Å². The second-order valence-electron chi connectivity index (χ2n) is 4.19. The molecule has 15 heavy (non-hydrogen) atoms. The molecule has 1 amide bonds. The Kier molecular flexibility index (Phi) is 5.12. The van der Waals surface area contributed by atoms with Gasteiger partial charge in [0.15, 0.2) is 0 Å². The van der Waals surface area contributed by atoms with E-state index in [0.29, 0.717) is 17.5 Å². The van der Waals surface area contributed by atoms with Crippen molar-refractivity contribution in [3.05, 3.63) is 11.6 Å². The van der Waals surface area contributed by atoms with E-state index in [1.165, 1.54) is 0 Å². The van der Waals surface area contributed by atoms with Crippen LogP contribution in [0.2, 0.25) is 0 Å². The fourth-order valence-electron chi connectivity index (χ4n) is 1.99. The Morgan fingerprint density at radius 2 is 2.00 bits per heavy atom. The SMILES string of the molecule is C=C(Cl)CNC(=O)C1CCC(CN)CC1. The highest BCUT2D eigenvalue weighted by molar-refractivity contribution is 6.29. The van der Waals surface area contributed by atoms with Crippen molar-refractivity contribution in [1.82, 2.24) is 5.32 Å². The molecular formula is C11H19ClN2O. The first kappa shape index (κ1) is 12.5. The topological polar surface area (TPSA) is 55.1 Å². The lowest BCUT2D eigenvalue weighted by atomic mass is 9.81. The van der Waals surface area contributed by atoms with E-state index in [-0.39, 0.29) is 11.8 Å². The molecule has 0 spiro atoms. The van der Waals surface area contributed by atoms with Crippen molar-refractivity contribution in [2.45, 2.75) is 25.7 Å². The molecule has 1 aliphatic carbocycles. The molecule has 4 heteroatoms. The quantitative estimate of drug-likeness (QED) is 0.771. The van der Waals surface area contributed by atoms with Crippen molar-refractivity contribution in [1.29, 1.82) is 0 Å². The Balaban J connectivity index is 2.27. The number of hydrogen-bond donors (Lipinski definition) is 2. The monoisotopic (exact) mass is 230 g/mol. The minimum Gasteiger partial charge on any atom is -0.351 e. The lowest BCUT2D eigenvalue weighted by molar-refractivity contribution is -0.125. The number of rotatable bonds is 4. The molecule has 1 aliphatic rings. The molecule has 86 valence electrons. The fourth-order valence-corrected chi connectivity index (χ4v) is 2.05. The third-order valence-electron chi connectivity index (χ3n) is 3.01. The van der Waals surface area contributed by atoms with Gasteiger partial charge in [-0.1, -0.05) is 18.2 Å². The summed E-state index contributed by atoms with van der Waals surface area (Å²) in [5, 5.41) is 3.25. The molecule has 0 unspecified atom stereocenters. The molecular weight excluding hydrogens is 212 g/mol. The maximum absolute atomic E-state index is 11.7. The molecule has 3 N–H and O–H groups in total. The van der Waals surface area contributed by atoms with E-state index in [4.69, 9.17) is 17.3 Å². The molecule has 1 fully saturated rings. The van der Waals surface area contributed by atoms with Gasteiger partial charge in [0, 0.05) is 11.0 Å². The molecule has 0 aromatic heterocycles. The van der Waals surface area contributed by atoms with Gasteiger partial charge in [0.25, 0.3) is 0 Å². The highest BCUT2D eigenvalue weighted by Gasteiger charge is 2.25. The van der Waals surface area contributed by atoms with Crippen LogP contribution in [0.25, 0.3) is 0 Å². The highest BCUT2D eigenvalue weighted by Crippen LogP contribution is 2.28. The van der Waals surface area contributed by atoms with Gasteiger partial charge in [0.05, 0.1) is 6.54 Å². The lowest BCUT2D eigenvalue weighted by Gasteiger charge is -2.26. The number of hydrogen-bond acceptors (Lipinski definition) is 2. The van der Waals surface area contributed by atoms with Crippen LogP contribution in [-0.4, -0.2) is 19.0 Å². The van der Waals surface area contributed by atoms with Crippen molar-refractivity contribution < 1.29 is 4.79 Å². The Morgan fingerprint density at radius 1 is 1.40 bits per heavy atom. The average molecular weight is 231 g/mol. The van der Waals surface area contributed by atoms with E-state index in [9.17, 15) is 4.79 Å². The Morgan fingerprint density at radius 3 is 2.47 bits per heavy atom. The Bertz CT molecular complexity index is 235. The molecule has 3 nitrogen and oxygen atoms in total. The van der Waals surface area contributed by atoms with E-state index in [2.05, 4.69) is 11.9 Å². The molecule has 0 aliphatic heterocycles. The van der Waals surface area contributed by atoms with Crippen molar-refractivity contribution in [2.75, 3.05) is 13.1 Å². The van der Waals surface area contributed by atoms with Crippen molar-refractivity contribution in [3.8, 4) is 0 Å². The van der Waals surface area contributed by atoms with Gasteiger partial charge in [0.1, 0.15) is 0 Å². The van der Waals surface area contributed by atoms with E-state index in [1.807, 2.05) is 0 Å². The van der Waals surface area contributed by atoms with Crippen LogP contribution >= 0.6 is 11.6 Å². The van der Waals surface area contributed by atoms with Crippen LogP contribution in [-0.2, 0) is 4.79 Å². The third-order valence-corrected chi connectivity index (χ3v) is 3.14. The van der Waals surface area contributed by atoms with Gasteiger partial charge in [-0.2, -0.15) is 0 Å². The number of nitrogens with two attached hydrogens (primary N) is 1. The minimum absolute atomic E-state index is 0.104. The van der Waals surface area contributed by atoms with Crippen molar-refractivity contribution in [2.24, 2.45) is 17.6 Å². The number of amides is 1. The Labute approximate surface area is 96.0 Å². The number of carbonyl (C=O) groups is 1. The maximum atomic E-state index is 11.7. The third kappa shape index (κ3) is 4.22. The smallest absolute Gasteiger partial charge is 0.223 e. The van der Waals surface area contributed by atoms with Crippen LogP contribution in [0.3, 0.4) is 0 Å². The number of halogens is 1. The highest BCUT2D eigenvalue weighted by atomic mass is 35.5. The zero-order valence-corrected chi connectivity index (χ0v) is 9.72. The van der Waals surface area contributed by atoms with E-state index >= 15 is 0 Å². The first-order chi connectivity index (χ1) is 7.13.